The molecular weight excluding hydrogens is 370 g/mol. The molecule has 2 aromatic carbocycles. The van der Waals surface area contributed by atoms with Crippen LogP contribution < -0.4 is 9.47 Å². The van der Waals surface area contributed by atoms with E-state index in [1.54, 1.807) is 30.2 Å². The van der Waals surface area contributed by atoms with Crippen LogP contribution in [0.4, 0.5) is 0 Å². The first kappa shape index (κ1) is 20.5. The minimum absolute atomic E-state index is 0.166. The Bertz CT molecular complexity index is 909. The number of allylic oxidation sites excluding steroid dienone is 1. The zero-order valence-electron chi connectivity index (χ0n) is 16.6. The number of hydrogen-bond donors (Lipinski definition) is 1. The van der Waals surface area contributed by atoms with E-state index in [0.717, 1.165) is 11.1 Å². The second-order valence-corrected chi connectivity index (χ2v) is 7.04. The molecule has 1 fully saturated rings. The number of hydrogen-bond acceptors (Lipinski definition) is 4. The van der Waals surface area contributed by atoms with Crippen molar-refractivity contribution in [1.82, 2.24) is 4.90 Å². The maximum atomic E-state index is 13.2. The molecule has 0 spiro atoms. The van der Waals surface area contributed by atoms with Gasteiger partial charge in [-0.2, -0.15) is 0 Å². The summed E-state index contributed by atoms with van der Waals surface area (Å²) < 4.78 is 10.8. The van der Waals surface area contributed by atoms with Gasteiger partial charge in [0.1, 0.15) is 0 Å². The Balaban J connectivity index is 1.93. The Labute approximate surface area is 170 Å². The van der Waals surface area contributed by atoms with Crippen LogP contribution in [-0.2, 0) is 11.2 Å². The lowest BCUT2D eigenvalue weighted by Crippen LogP contribution is -2.30. The summed E-state index contributed by atoms with van der Waals surface area (Å²) in [6.07, 6.45) is 2.25. The van der Waals surface area contributed by atoms with Crippen molar-refractivity contribution in [3.63, 3.8) is 0 Å². The fourth-order valence-corrected chi connectivity index (χ4v) is 3.91. The van der Waals surface area contributed by atoms with Gasteiger partial charge in [-0.05, 0) is 24.1 Å². The van der Waals surface area contributed by atoms with Gasteiger partial charge >= 0.3 is 5.97 Å². The van der Waals surface area contributed by atoms with Crippen molar-refractivity contribution >= 4 is 11.9 Å². The van der Waals surface area contributed by atoms with Crippen LogP contribution in [0.25, 0.3) is 0 Å². The van der Waals surface area contributed by atoms with Crippen LogP contribution in [0.15, 0.2) is 55.1 Å². The molecule has 1 amide bonds. The van der Waals surface area contributed by atoms with E-state index in [1.165, 1.54) is 7.11 Å². The molecule has 1 saturated heterocycles. The molecule has 0 unspecified atom stereocenters. The third kappa shape index (κ3) is 4.11. The van der Waals surface area contributed by atoms with Crippen molar-refractivity contribution in [2.45, 2.75) is 12.3 Å². The number of ether oxygens (including phenoxy) is 2. The molecule has 0 aliphatic carbocycles. The van der Waals surface area contributed by atoms with Crippen LogP contribution in [-0.4, -0.2) is 49.2 Å². The van der Waals surface area contributed by atoms with Gasteiger partial charge in [-0.15, -0.1) is 6.58 Å². The highest BCUT2D eigenvalue weighted by molar-refractivity contribution is 5.96. The van der Waals surface area contributed by atoms with Crippen molar-refractivity contribution in [2.24, 2.45) is 5.92 Å². The molecule has 6 heteroatoms. The minimum atomic E-state index is -0.895. The molecule has 1 N–H and O–H groups in total. The molecule has 152 valence electrons. The SMILES string of the molecule is C=CCc1cc(C(=O)N2C[C@H](C(=O)O)[C@H](c3ccccc3)C2)cc(OC)c1OC. The normalized spacial score (nSPS) is 18.3. The maximum absolute atomic E-state index is 13.2. The van der Waals surface area contributed by atoms with Crippen molar-refractivity contribution in [3.8, 4) is 11.5 Å². The van der Waals surface area contributed by atoms with Crippen molar-refractivity contribution in [1.29, 1.82) is 0 Å². The second-order valence-electron chi connectivity index (χ2n) is 7.04. The molecule has 0 radical (unpaired) electrons. The summed E-state index contributed by atoms with van der Waals surface area (Å²) in [6.45, 7) is 4.27. The topological polar surface area (TPSA) is 76.1 Å². The zero-order valence-corrected chi connectivity index (χ0v) is 16.6. The fourth-order valence-electron chi connectivity index (χ4n) is 3.91. The second kappa shape index (κ2) is 8.82. The average Bonchev–Trinajstić information content (AvgIpc) is 3.19. The average molecular weight is 395 g/mol. The van der Waals surface area contributed by atoms with Crippen molar-refractivity contribution in [2.75, 3.05) is 27.3 Å². The maximum Gasteiger partial charge on any atom is 0.308 e. The number of carboxylic acids is 1. The number of carbonyl (C=O) groups excluding carboxylic acids is 1. The molecule has 1 aliphatic rings. The van der Waals surface area contributed by atoms with Gasteiger partial charge in [0, 0.05) is 30.1 Å². The number of carboxylic acid groups (broad SMARTS) is 1. The van der Waals surface area contributed by atoms with Crippen LogP contribution in [0.2, 0.25) is 0 Å². The van der Waals surface area contributed by atoms with E-state index in [1.807, 2.05) is 30.3 Å². The summed E-state index contributed by atoms with van der Waals surface area (Å²) >= 11 is 0. The number of aliphatic carboxylic acids is 1. The van der Waals surface area contributed by atoms with Crippen LogP contribution in [0.3, 0.4) is 0 Å². The Kier molecular flexibility index (Phi) is 6.22. The third-order valence-corrected chi connectivity index (χ3v) is 5.32. The van der Waals surface area contributed by atoms with Gasteiger partial charge in [-0.25, -0.2) is 0 Å². The number of methoxy groups -OCH3 is 2. The van der Waals surface area contributed by atoms with Gasteiger partial charge in [-0.3, -0.25) is 9.59 Å². The Morgan fingerprint density at radius 1 is 1.17 bits per heavy atom. The predicted octanol–water partition coefficient (Wildman–Crippen LogP) is 3.37. The largest absolute Gasteiger partial charge is 0.493 e. The Hall–Kier alpha value is -3.28. The lowest BCUT2D eigenvalue weighted by molar-refractivity contribution is -0.141. The lowest BCUT2D eigenvalue weighted by atomic mass is 9.89. The van der Waals surface area contributed by atoms with E-state index in [2.05, 4.69) is 6.58 Å². The third-order valence-electron chi connectivity index (χ3n) is 5.32. The summed E-state index contributed by atoms with van der Waals surface area (Å²) in [5.74, 6) is -0.978. The van der Waals surface area contributed by atoms with E-state index in [4.69, 9.17) is 9.47 Å². The standard InChI is InChI=1S/C23H25NO5/c1-4-8-16-11-17(12-20(28-2)21(16)29-3)22(25)24-13-18(19(14-24)23(26)27)15-9-6-5-7-10-15/h4-7,9-12,18-19H,1,8,13-14H2,2-3H3,(H,26,27)/t18-,19-/m0/s1. The van der Waals surface area contributed by atoms with E-state index < -0.39 is 11.9 Å². The highest BCUT2D eigenvalue weighted by Crippen LogP contribution is 2.36. The number of likely N-dealkylation sites (tertiary alicyclic amines) is 1. The zero-order chi connectivity index (χ0) is 21.0. The highest BCUT2D eigenvalue weighted by Gasteiger charge is 2.40. The molecule has 2 aromatic rings. The lowest BCUT2D eigenvalue weighted by Gasteiger charge is -2.19. The summed E-state index contributed by atoms with van der Waals surface area (Å²) in [6, 6.07) is 12.9. The Morgan fingerprint density at radius 3 is 2.48 bits per heavy atom. The quantitative estimate of drug-likeness (QED) is 0.728. The molecule has 0 aromatic heterocycles. The number of carbonyl (C=O) groups is 2. The molecular formula is C23H25NO5. The van der Waals surface area contributed by atoms with E-state index in [0.29, 0.717) is 30.0 Å². The van der Waals surface area contributed by atoms with Gasteiger partial charge in [-0.1, -0.05) is 36.4 Å². The van der Waals surface area contributed by atoms with Crippen molar-refractivity contribution < 1.29 is 24.2 Å². The van der Waals surface area contributed by atoms with Crippen LogP contribution >= 0.6 is 0 Å². The molecule has 3 rings (SSSR count). The number of amides is 1. The molecule has 1 heterocycles. The monoisotopic (exact) mass is 395 g/mol. The molecule has 29 heavy (non-hydrogen) atoms. The van der Waals surface area contributed by atoms with Gasteiger partial charge in [0.05, 0.1) is 20.1 Å². The van der Waals surface area contributed by atoms with Crippen LogP contribution in [0.5, 0.6) is 11.5 Å². The minimum Gasteiger partial charge on any atom is -0.493 e. The van der Waals surface area contributed by atoms with Crippen molar-refractivity contribution in [3.05, 3.63) is 71.8 Å². The molecule has 0 bridgehead atoms. The summed E-state index contributed by atoms with van der Waals surface area (Å²) in [4.78, 5) is 26.7. The van der Waals surface area contributed by atoms with Gasteiger partial charge in [0.25, 0.3) is 5.91 Å². The number of rotatable bonds is 7. The smallest absolute Gasteiger partial charge is 0.308 e. The highest BCUT2D eigenvalue weighted by atomic mass is 16.5. The van der Waals surface area contributed by atoms with Crippen LogP contribution in [0.1, 0.15) is 27.4 Å². The molecule has 1 aliphatic heterocycles. The predicted molar refractivity (Wildman–Crippen MR) is 110 cm³/mol. The molecule has 0 saturated carbocycles. The van der Waals surface area contributed by atoms with Crippen LogP contribution in [0, 0.1) is 5.92 Å². The fraction of sp³-hybridized carbons (Fsp3) is 0.304. The first-order chi connectivity index (χ1) is 14.0. The first-order valence-electron chi connectivity index (χ1n) is 9.43. The summed E-state index contributed by atoms with van der Waals surface area (Å²) in [5.41, 5.74) is 2.16. The van der Waals surface area contributed by atoms with Gasteiger partial charge in [0.2, 0.25) is 0 Å². The van der Waals surface area contributed by atoms with Gasteiger partial charge in [0.15, 0.2) is 11.5 Å². The van der Waals surface area contributed by atoms with E-state index >= 15 is 0 Å². The van der Waals surface area contributed by atoms with E-state index in [-0.39, 0.29) is 18.4 Å². The number of benzene rings is 2. The number of nitrogens with zero attached hydrogens (tertiary/aromatic N) is 1. The summed E-state index contributed by atoms with van der Waals surface area (Å²) in [5, 5.41) is 9.69. The Morgan fingerprint density at radius 2 is 1.90 bits per heavy atom. The molecule has 2 atom stereocenters. The van der Waals surface area contributed by atoms with Gasteiger partial charge < -0.3 is 19.5 Å². The summed E-state index contributed by atoms with van der Waals surface area (Å²) in [7, 11) is 3.07. The molecule has 6 nitrogen and oxygen atoms in total. The van der Waals surface area contributed by atoms with E-state index in [9.17, 15) is 14.7 Å². The first-order valence-corrected chi connectivity index (χ1v) is 9.43.